The van der Waals surface area contributed by atoms with Gasteiger partial charge >= 0.3 is 5.97 Å². The van der Waals surface area contributed by atoms with Gasteiger partial charge in [-0.1, -0.05) is 36.4 Å². The van der Waals surface area contributed by atoms with Gasteiger partial charge in [0.1, 0.15) is 0 Å². The number of hydrogen-bond donors (Lipinski definition) is 1. The molecular formula is C21H18N2O4S. The third-order valence-electron chi connectivity index (χ3n) is 4.00. The lowest BCUT2D eigenvalue weighted by Gasteiger charge is -2.12. The predicted molar refractivity (Wildman–Crippen MR) is 106 cm³/mol. The molecule has 1 aromatic heterocycles. The highest BCUT2D eigenvalue weighted by Gasteiger charge is 2.16. The van der Waals surface area contributed by atoms with Crippen molar-refractivity contribution in [2.24, 2.45) is 0 Å². The highest BCUT2D eigenvalue weighted by atomic mass is 32.2. The molecule has 7 heteroatoms. The lowest BCUT2D eigenvalue weighted by atomic mass is 10.1. The van der Waals surface area contributed by atoms with Crippen LogP contribution in [0.3, 0.4) is 0 Å². The quantitative estimate of drug-likeness (QED) is 0.313. The summed E-state index contributed by atoms with van der Waals surface area (Å²) in [5, 5.41) is 0. The number of hydrogen-bond acceptors (Lipinski definition) is 4. The molecule has 0 saturated carbocycles. The summed E-state index contributed by atoms with van der Waals surface area (Å²) in [6.45, 7) is 0.141. The summed E-state index contributed by atoms with van der Waals surface area (Å²) in [6.07, 6.45) is 3.56. The summed E-state index contributed by atoms with van der Waals surface area (Å²) >= 11 is 0. The Hall–Kier alpha value is -3.50. The molecule has 0 fully saturated rings. The summed E-state index contributed by atoms with van der Waals surface area (Å²) in [7, 11) is -1.59. The number of nitrogens with zero attached hydrogens (tertiary/aromatic N) is 2. The van der Waals surface area contributed by atoms with Crippen molar-refractivity contribution in [3.8, 4) is 17.7 Å². The maximum Gasteiger partial charge on any atom is 0.340 e. The first-order chi connectivity index (χ1) is 13.6. The highest BCUT2D eigenvalue weighted by Crippen LogP contribution is 2.21. The van der Waals surface area contributed by atoms with E-state index in [1.165, 1.54) is 7.11 Å². The van der Waals surface area contributed by atoms with Gasteiger partial charge < -0.3 is 9.30 Å². The van der Waals surface area contributed by atoms with Gasteiger partial charge in [-0.25, -0.2) is 17.5 Å². The van der Waals surface area contributed by atoms with Crippen molar-refractivity contribution in [1.29, 1.82) is 0 Å². The highest BCUT2D eigenvalue weighted by molar-refractivity contribution is 7.70. The molecule has 2 aromatic carbocycles. The fraction of sp³-hybridized carbons (Fsp3) is 0.0952. The summed E-state index contributed by atoms with van der Waals surface area (Å²) in [5.74, 6) is 2.39. The molecule has 0 aliphatic carbocycles. The van der Waals surface area contributed by atoms with Crippen molar-refractivity contribution in [2.75, 3.05) is 7.11 Å². The maximum atomic E-state index is 12.2. The fourth-order valence-electron chi connectivity index (χ4n) is 2.70. The molecule has 0 amide bonds. The molecule has 0 atom stereocenters. The molecule has 1 heterocycles. The minimum atomic E-state index is -2.90. The SMILES string of the molecule is COC(=O)c1cccc(C#CN(Cc2ccccc2)[SH](=O)=O)c1-n1cccc1. The Bertz CT molecular complexity index is 1090. The predicted octanol–water partition coefficient (Wildman–Crippen LogP) is 2.60. The van der Waals surface area contributed by atoms with Crippen molar-refractivity contribution in [3.63, 3.8) is 0 Å². The first-order valence-electron chi connectivity index (χ1n) is 8.42. The van der Waals surface area contributed by atoms with Crippen LogP contribution in [0, 0.1) is 12.0 Å². The van der Waals surface area contributed by atoms with Gasteiger partial charge in [-0.05, 0) is 35.7 Å². The normalized spacial score (nSPS) is 10.2. The minimum absolute atomic E-state index is 0.141. The summed E-state index contributed by atoms with van der Waals surface area (Å²) in [5.41, 5.74) is 2.21. The van der Waals surface area contributed by atoms with E-state index in [0.29, 0.717) is 16.8 Å². The molecular weight excluding hydrogens is 376 g/mol. The number of aromatic nitrogens is 1. The lowest BCUT2D eigenvalue weighted by Crippen LogP contribution is -2.15. The van der Waals surface area contributed by atoms with Crippen LogP contribution in [-0.2, 0) is 22.2 Å². The van der Waals surface area contributed by atoms with Crippen LogP contribution in [0.15, 0.2) is 73.1 Å². The standard InChI is InChI=1S/C21H18N2O4S/c1-27-21(24)19-11-7-10-18(20(19)22-13-5-6-14-22)12-15-23(28(25)26)16-17-8-3-2-4-9-17/h2-11,13-14,28H,16H2,1H3. The maximum absolute atomic E-state index is 12.2. The largest absolute Gasteiger partial charge is 0.465 e. The van der Waals surface area contributed by atoms with E-state index in [9.17, 15) is 13.2 Å². The molecule has 0 spiro atoms. The first kappa shape index (κ1) is 19.3. The molecule has 0 aliphatic rings. The Morgan fingerprint density at radius 3 is 2.39 bits per heavy atom. The second-order valence-electron chi connectivity index (χ2n) is 5.80. The van der Waals surface area contributed by atoms with Gasteiger partial charge in [-0.2, -0.15) is 0 Å². The smallest absolute Gasteiger partial charge is 0.340 e. The van der Waals surface area contributed by atoms with Gasteiger partial charge in [0.15, 0.2) is 0 Å². The molecule has 0 radical (unpaired) electrons. The molecule has 0 bridgehead atoms. The molecule has 142 valence electrons. The van der Waals surface area contributed by atoms with Crippen LogP contribution in [0.4, 0.5) is 0 Å². The van der Waals surface area contributed by atoms with Crippen LogP contribution in [-0.4, -0.2) is 30.4 Å². The van der Waals surface area contributed by atoms with Crippen molar-refractivity contribution >= 4 is 16.9 Å². The molecule has 0 unspecified atom stereocenters. The third-order valence-corrected chi connectivity index (χ3v) is 4.63. The Morgan fingerprint density at radius 1 is 1.04 bits per heavy atom. The zero-order valence-electron chi connectivity index (χ0n) is 15.1. The zero-order chi connectivity index (χ0) is 19.9. The average Bonchev–Trinajstić information content (AvgIpc) is 3.25. The Kier molecular flexibility index (Phi) is 6.14. The van der Waals surface area contributed by atoms with Gasteiger partial charge in [0, 0.05) is 18.4 Å². The molecule has 28 heavy (non-hydrogen) atoms. The van der Waals surface area contributed by atoms with E-state index in [-0.39, 0.29) is 6.54 Å². The average molecular weight is 394 g/mol. The number of carbonyl (C=O) groups excluding carboxylic acids is 1. The van der Waals surface area contributed by atoms with Crippen molar-refractivity contribution < 1.29 is 17.9 Å². The van der Waals surface area contributed by atoms with E-state index in [4.69, 9.17) is 4.74 Å². The summed E-state index contributed by atoms with van der Waals surface area (Å²) < 4.78 is 30.9. The van der Waals surface area contributed by atoms with Gasteiger partial charge in [0.05, 0.1) is 30.5 Å². The van der Waals surface area contributed by atoms with Gasteiger partial charge in [0.2, 0.25) is 10.9 Å². The summed E-state index contributed by atoms with van der Waals surface area (Å²) in [4.78, 5) is 12.2. The van der Waals surface area contributed by atoms with Crippen LogP contribution in [0.25, 0.3) is 5.69 Å². The van der Waals surface area contributed by atoms with E-state index in [2.05, 4.69) is 12.0 Å². The topological polar surface area (TPSA) is 68.6 Å². The van der Waals surface area contributed by atoms with Crippen molar-refractivity contribution in [1.82, 2.24) is 8.87 Å². The molecule has 0 N–H and O–H groups in total. The Balaban J connectivity index is 2.03. The molecule has 0 saturated heterocycles. The van der Waals surface area contributed by atoms with Crippen LogP contribution in [0.5, 0.6) is 0 Å². The second kappa shape index (κ2) is 8.93. The number of benzene rings is 2. The number of rotatable bonds is 5. The molecule has 0 aliphatic heterocycles. The van der Waals surface area contributed by atoms with E-state index in [1.54, 1.807) is 35.2 Å². The second-order valence-corrected chi connectivity index (χ2v) is 6.76. The zero-order valence-corrected chi connectivity index (χ0v) is 16.0. The Labute approximate surface area is 165 Å². The number of ether oxygens (including phenoxy) is 1. The third kappa shape index (κ3) is 4.42. The van der Waals surface area contributed by atoms with E-state index < -0.39 is 16.9 Å². The molecule has 3 aromatic rings. The van der Waals surface area contributed by atoms with E-state index in [1.807, 2.05) is 42.5 Å². The molecule has 6 nitrogen and oxygen atoms in total. The fourth-order valence-corrected chi connectivity index (χ4v) is 3.11. The van der Waals surface area contributed by atoms with Crippen molar-refractivity contribution in [2.45, 2.75) is 6.54 Å². The van der Waals surface area contributed by atoms with Crippen LogP contribution in [0.1, 0.15) is 21.5 Å². The summed E-state index contributed by atoms with van der Waals surface area (Å²) in [6, 6.07) is 20.6. The minimum Gasteiger partial charge on any atom is -0.465 e. The monoisotopic (exact) mass is 394 g/mol. The lowest BCUT2D eigenvalue weighted by molar-refractivity contribution is 0.0600. The number of esters is 1. The van der Waals surface area contributed by atoms with E-state index >= 15 is 0 Å². The van der Waals surface area contributed by atoms with E-state index in [0.717, 1.165) is 9.87 Å². The Morgan fingerprint density at radius 2 is 1.75 bits per heavy atom. The number of methoxy groups -OCH3 is 1. The van der Waals surface area contributed by atoms with Crippen molar-refractivity contribution in [3.05, 3.63) is 89.7 Å². The van der Waals surface area contributed by atoms with Crippen LogP contribution >= 0.6 is 0 Å². The van der Waals surface area contributed by atoms with Crippen LogP contribution < -0.4 is 0 Å². The number of carbonyl (C=O) groups is 1. The number of para-hydroxylation sites is 1. The number of thiol groups is 1. The van der Waals surface area contributed by atoms with Gasteiger partial charge in [-0.15, -0.1) is 0 Å². The van der Waals surface area contributed by atoms with Gasteiger partial charge in [0.25, 0.3) is 0 Å². The van der Waals surface area contributed by atoms with Crippen LogP contribution in [0.2, 0.25) is 0 Å². The first-order valence-corrected chi connectivity index (χ1v) is 9.55. The molecule has 3 rings (SSSR count). The van der Waals surface area contributed by atoms with Gasteiger partial charge in [-0.3, -0.25) is 0 Å².